The minimum Gasteiger partial charge on any atom is -0.508 e. The van der Waals surface area contributed by atoms with E-state index in [2.05, 4.69) is 0 Å². The van der Waals surface area contributed by atoms with Gasteiger partial charge in [0.15, 0.2) is 5.78 Å². The number of rotatable bonds is 1. The standard InChI is InChI=1S/C16H14O5/c1-8-4-9(2-3-11(8)18)14-7-13(20)16-12(19)5-10(17)6-15(16)21-14/h2-6,14,17-19H,7H2,1H3. The van der Waals surface area contributed by atoms with Gasteiger partial charge >= 0.3 is 0 Å². The molecule has 0 radical (unpaired) electrons. The Labute approximate surface area is 121 Å². The highest BCUT2D eigenvalue weighted by atomic mass is 16.5. The number of aryl methyl sites for hydroxylation is 1. The molecule has 5 heteroatoms. The molecule has 21 heavy (non-hydrogen) atoms. The van der Waals surface area contributed by atoms with E-state index in [1.165, 1.54) is 6.07 Å². The van der Waals surface area contributed by atoms with Gasteiger partial charge in [-0.2, -0.15) is 0 Å². The lowest BCUT2D eigenvalue weighted by atomic mass is 9.94. The molecular weight excluding hydrogens is 272 g/mol. The smallest absolute Gasteiger partial charge is 0.174 e. The first-order valence-electron chi connectivity index (χ1n) is 6.51. The second-order valence-corrected chi connectivity index (χ2v) is 5.12. The molecule has 0 aliphatic carbocycles. The quantitative estimate of drug-likeness (QED) is 0.750. The van der Waals surface area contributed by atoms with E-state index < -0.39 is 6.10 Å². The van der Waals surface area contributed by atoms with Crippen LogP contribution in [0.1, 0.15) is 34.0 Å². The van der Waals surface area contributed by atoms with E-state index in [0.717, 1.165) is 11.6 Å². The first-order valence-corrected chi connectivity index (χ1v) is 6.51. The molecule has 0 saturated carbocycles. The van der Waals surface area contributed by atoms with Crippen LogP contribution in [0.25, 0.3) is 0 Å². The Balaban J connectivity index is 2.01. The van der Waals surface area contributed by atoms with Gasteiger partial charge in [0.2, 0.25) is 0 Å². The molecule has 0 fully saturated rings. The van der Waals surface area contributed by atoms with Crippen LogP contribution >= 0.6 is 0 Å². The summed E-state index contributed by atoms with van der Waals surface area (Å²) >= 11 is 0. The van der Waals surface area contributed by atoms with E-state index in [0.29, 0.717) is 5.56 Å². The Bertz CT molecular complexity index is 736. The van der Waals surface area contributed by atoms with Crippen LogP contribution in [0, 0.1) is 6.92 Å². The average Bonchev–Trinajstić information content (AvgIpc) is 2.40. The molecule has 2 aromatic rings. The van der Waals surface area contributed by atoms with Crippen LogP contribution in [0.15, 0.2) is 30.3 Å². The fourth-order valence-corrected chi connectivity index (χ4v) is 2.49. The van der Waals surface area contributed by atoms with Crippen molar-refractivity contribution in [3.8, 4) is 23.0 Å². The SMILES string of the molecule is Cc1cc(C2CC(=O)c3c(O)cc(O)cc3O2)ccc1O. The molecule has 0 spiro atoms. The van der Waals surface area contributed by atoms with E-state index >= 15 is 0 Å². The monoisotopic (exact) mass is 286 g/mol. The lowest BCUT2D eigenvalue weighted by molar-refractivity contribution is 0.0845. The summed E-state index contributed by atoms with van der Waals surface area (Å²) in [4.78, 5) is 12.2. The van der Waals surface area contributed by atoms with E-state index in [-0.39, 0.29) is 40.8 Å². The number of Topliss-reactive ketones (excluding diaryl/α,β-unsaturated/α-hetero) is 1. The fourth-order valence-electron chi connectivity index (χ4n) is 2.49. The van der Waals surface area contributed by atoms with Gasteiger partial charge in [-0.25, -0.2) is 0 Å². The summed E-state index contributed by atoms with van der Waals surface area (Å²) in [5.74, 6) is -0.350. The highest BCUT2D eigenvalue weighted by Gasteiger charge is 2.30. The Morgan fingerprint density at radius 1 is 1.10 bits per heavy atom. The van der Waals surface area contributed by atoms with Gasteiger partial charge in [0.05, 0.1) is 6.42 Å². The lowest BCUT2D eigenvalue weighted by Gasteiger charge is -2.26. The molecular formula is C16H14O5. The number of hydrogen-bond acceptors (Lipinski definition) is 5. The minimum absolute atomic E-state index is 0.0928. The summed E-state index contributed by atoms with van der Waals surface area (Å²) in [5, 5.41) is 28.8. The molecule has 1 unspecified atom stereocenters. The van der Waals surface area contributed by atoms with Crippen molar-refractivity contribution in [2.75, 3.05) is 0 Å². The lowest BCUT2D eigenvalue weighted by Crippen LogP contribution is -2.20. The predicted molar refractivity (Wildman–Crippen MR) is 74.9 cm³/mol. The number of phenols is 3. The summed E-state index contributed by atoms with van der Waals surface area (Å²) in [7, 11) is 0. The van der Waals surface area contributed by atoms with Crippen molar-refractivity contribution in [1.29, 1.82) is 0 Å². The van der Waals surface area contributed by atoms with Crippen molar-refractivity contribution in [2.24, 2.45) is 0 Å². The minimum atomic E-state index is -0.509. The molecule has 2 aromatic carbocycles. The molecule has 0 aromatic heterocycles. The molecule has 1 atom stereocenters. The number of hydrogen-bond donors (Lipinski definition) is 3. The summed E-state index contributed by atoms with van der Waals surface area (Å²) in [6, 6.07) is 7.42. The average molecular weight is 286 g/mol. The maximum Gasteiger partial charge on any atom is 0.174 e. The topological polar surface area (TPSA) is 87.0 Å². The van der Waals surface area contributed by atoms with E-state index in [9.17, 15) is 20.1 Å². The van der Waals surface area contributed by atoms with Crippen molar-refractivity contribution in [1.82, 2.24) is 0 Å². The van der Waals surface area contributed by atoms with Gasteiger partial charge < -0.3 is 20.1 Å². The van der Waals surface area contributed by atoms with Crippen molar-refractivity contribution >= 4 is 5.78 Å². The van der Waals surface area contributed by atoms with Crippen LogP contribution in [-0.4, -0.2) is 21.1 Å². The zero-order valence-electron chi connectivity index (χ0n) is 11.3. The Morgan fingerprint density at radius 2 is 1.86 bits per heavy atom. The van der Waals surface area contributed by atoms with Crippen LogP contribution < -0.4 is 4.74 Å². The fraction of sp³-hybridized carbons (Fsp3) is 0.188. The third-order valence-corrected chi connectivity index (χ3v) is 3.58. The first kappa shape index (κ1) is 13.3. The maximum absolute atomic E-state index is 12.2. The number of fused-ring (bicyclic) bond motifs is 1. The van der Waals surface area contributed by atoms with Crippen LogP contribution in [0.4, 0.5) is 0 Å². The third kappa shape index (κ3) is 2.27. The zero-order chi connectivity index (χ0) is 15.1. The van der Waals surface area contributed by atoms with Gasteiger partial charge in [-0.1, -0.05) is 6.07 Å². The van der Waals surface area contributed by atoms with Crippen molar-refractivity contribution in [2.45, 2.75) is 19.4 Å². The van der Waals surface area contributed by atoms with Crippen molar-refractivity contribution < 1.29 is 24.9 Å². The number of ether oxygens (including phenoxy) is 1. The predicted octanol–water partition coefficient (Wildman–Crippen LogP) is 2.82. The van der Waals surface area contributed by atoms with E-state index in [1.807, 2.05) is 0 Å². The van der Waals surface area contributed by atoms with Crippen LogP contribution in [0.3, 0.4) is 0 Å². The number of ketones is 1. The van der Waals surface area contributed by atoms with Crippen LogP contribution in [0.2, 0.25) is 0 Å². The second-order valence-electron chi connectivity index (χ2n) is 5.12. The molecule has 0 amide bonds. The summed E-state index contributed by atoms with van der Waals surface area (Å²) in [6.07, 6.45) is -0.416. The Morgan fingerprint density at radius 3 is 2.57 bits per heavy atom. The van der Waals surface area contributed by atoms with Crippen molar-refractivity contribution in [3.05, 3.63) is 47.0 Å². The van der Waals surface area contributed by atoms with Gasteiger partial charge in [-0.05, 0) is 30.2 Å². The van der Waals surface area contributed by atoms with Gasteiger partial charge in [0, 0.05) is 12.1 Å². The van der Waals surface area contributed by atoms with Gasteiger partial charge in [-0.3, -0.25) is 4.79 Å². The maximum atomic E-state index is 12.2. The molecule has 3 rings (SSSR count). The van der Waals surface area contributed by atoms with Crippen LogP contribution in [0.5, 0.6) is 23.0 Å². The Hall–Kier alpha value is -2.69. The highest BCUT2D eigenvalue weighted by molar-refractivity contribution is 6.02. The molecule has 108 valence electrons. The molecule has 1 aliphatic heterocycles. The number of aromatic hydroxyl groups is 3. The molecule has 1 heterocycles. The third-order valence-electron chi connectivity index (χ3n) is 3.58. The largest absolute Gasteiger partial charge is 0.508 e. The molecule has 0 bridgehead atoms. The molecule has 0 saturated heterocycles. The summed E-state index contributed by atoms with van der Waals surface area (Å²) in [5.41, 5.74) is 1.54. The Kier molecular flexibility index (Phi) is 2.97. The van der Waals surface area contributed by atoms with E-state index in [1.54, 1.807) is 25.1 Å². The number of carbonyl (C=O) groups is 1. The van der Waals surface area contributed by atoms with E-state index in [4.69, 9.17) is 4.74 Å². The highest BCUT2D eigenvalue weighted by Crippen LogP contribution is 2.41. The normalized spacial score (nSPS) is 17.2. The first-order chi connectivity index (χ1) is 9.95. The second kappa shape index (κ2) is 4.70. The molecule has 1 aliphatic rings. The zero-order valence-corrected chi connectivity index (χ0v) is 11.3. The van der Waals surface area contributed by atoms with Gasteiger partial charge in [-0.15, -0.1) is 0 Å². The van der Waals surface area contributed by atoms with Gasteiger partial charge in [0.25, 0.3) is 0 Å². The summed E-state index contributed by atoms with van der Waals surface area (Å²) in [6.45, 7) is 1.76. The van der Waals surface area contributed by atoms with Crippen LogP contribution in [-0.2, 0) is 0 Å². The summed E-state index contributed by atoms with van der Waals surface area (Å²) < 4.78 is 5.72. The van der Waals surface area contributed by atoms with Gasteiger partial charge in [0.1, 0.15) is 34.7 Å². The number of carbonyl (C=O) groups excluding carboxylic acids is 1. The van der Waals surface area contributed by atoms with Crippen molar-refractivity contribution in [3.63, 3.8) is 0 Å². The molecule has 5 nitrogen and oxygen atoms in total. The number of phenolic OH excluding ortho intramolecular Hbond substituents is 3. The molecule has 3 N–H and O–H groups in total. The number of benzene rings is 2.